The Morgan fingerprint density at radius 1 is 1.53 bits per heavy atom. The SMILES string of the molecule is C=CC1(OOC(C)(C)C)CCC(=O)N1C. The number of amides is 1. The van der Waals surface area contributed by atoms with Gasteiger partial charge in [0.1, 0.15) is 0 Å². The molecule has 4 nitrogen and oxygen atoms in total. The fraction of sp³-hybridized carbons (Fsp3) is 0.727. The zero-order valence-electron chi connectivity index (χ0n) is 9.87. The Bertz CT molecular complexity index is 269. The minimum Gasteiger partial charge on any atom is -0.312 e. The molecule has 0 saturated carbocycles. The molecule has 0 N–H and O–H groups in total. The Labute approximate surface area is 90.8 Å². The molecular formula is C11H19NO3. The first-order valence-corrected chi connectivity index (χ1v) is 5.08. The summed E-state index contributed by atoms with van der Waals surface area (Å²) in [5.41, 5.74) is -1.20. The predicted molar refractivity (Wildman–Crippen MR) is 56.9 cm³/mol. The Morgan fingerprint density at radius 3 is 2.47 bits per heavy atom. The van der Waals surface area contributed by atoms with Crippen molar-refractivity contribution in [3.05, 3.63) is 12.7 Å². The topological polar surface area (TPSA) is 38.8 Å². The first-order valence-electron chi connectivity index (χ1n) is 5.08. The normalized spacial score (nSPS) is 27.2. The van der Waals surface area contributed by atoms with E-state index in [1.807, 2.05) is 20.8 Å². The van der Waals surface area contributed by atoms with E-state index in [9.17, 15) is 4.79 Å². The summed E-state index contributed by atoms with van der Waals surface area (Å²) in [5.74, 6) is 0.0485. The number of nitrogens with zero attached hydrogens (tertiary/aromatic N) is 1. The molecule has 86 valence electrons. The lowest BCUT2D eigenvalue weighted by atomic mass is 10.1. The number of hydrogen-bond donors (Lipinski definition) is 0. The molecule has 0 radical (unpaired) electrons. The van der Waals surface area contributed by atoms with Crippen molar-refractivity contribution in [3.63, 3.8) is 0 Å². The summed E-state index contributed by atoms with van der Waals surface area (Å²) in [5, 5.41) is 0. The maximum absolute atomic E-state index is 11.4. The van der Waals surface area contributed by atoms with Crippen molar-refractivity contribution in [2.75, 3.05) is 7.05 Å². The second-order valence-corrected chi connectivity index (χ2v) is 4.78. The maximum Gasteiger partial charge on any atom is 0.225 e. The molecule has 0 aromatic heterocycles. The molecule has 1 heterocycles. The molecule has 1 unspecified atom stereocenters. The van der Waals surface area contributed by atoms with Crippen molar-refractivity contribution in [1.82, 2.24) is 4.90 Å². The highest BCUT2D eigenvalue weighted by molar-refractivity contribution is 5.79. The van der Waals surface area contributed by atoms with Crippen LogP contribution in [0.15, 0.2) is 12.7 Å². The summed E-state index contributed by atoms with van der Waals surface area (Å²) in [4.78, 5) is 23.6. The maximum atomic E-state index is 11.4. The van der Waals surface area contributed by atoms with Crippen molar-refractivity contribution >= 4 is 5.91 Å². The minimum atomic E-state index is -0.801. The third-order valence-corrected chi connectivity index (χ3v) is 2.39. The van der Waals surface area contributed by atoms with Crippen LogP contribution in [0.2, 0.25) is 0 Å². The molecule has 0 aromatic rings. The lowest BCUT2D eigenvalue weighted by Gasteiger charge is -2.33. The van der Waals surface area contributed by atoms with Gasteiger partial charge in [0.25, 0.3) is 0 Å². The summed E-state index contributed by atoms with van der Waals surface area (Å²) in [6, 6.07) is 0. The highest BCUT2D eigenvalue weighted by Crippen LogP contribution is 2.32. The van der Waals surface area contributed by atoms with Gasteiger partial charge in [-0.3, -0.25) is 4.79 Å². The van der Waals surface area contributed by atoms with E-state index in [0.717, 1.165) is 0 Å². The van der Waals surface area contributed by atoms with Gasteiger partial charge in [-0.15, -0.1) is 0 Å². The molecule has 0 spiro atoms. The first kappa shape index (κ1) is 12.2. The molecule has 1 atom stereocenters. The molecule has 1 saturated heterocycles. The van der Waals surface area contributed by atoms with Crippen LogP contribution in [0.1, 0.15) is 33.6 Å². The van der Waals surface area contributed by atoms with Gasteiger partial charge >= 0.3 is 0 Å². The van der Waals surface area contributed by atoms with Gasteiger partial charge in [0.15, 0.2) is 5.72 Å². The van der Waals surface area contributed by atoms with Crippen molar-refractivity contribution in [2.45, 2.75) is 44.9 Å². The number of likely N-dealkylation sites (N-methyl/N-ethyl adjacent to an activating group) is 1. The second-order valence-electron chi connectivity index (χ2n) is 4.78. The standard InChI is InChI=1S/C11H19NO3/c1-6-11(15-14-10(2,3)4)8-7-9(13)12(11)5/h6H,1,7-8H2,2-5H3. The number of carbonyl (C=O) groups excluding carboxylic acids is 1. The molecule has 15 heavy (non-hydrogen) atoms. The summed E-state index contributed by atoms with van der Waals surface area (Å²) < 4.78 is 0. The Kier molecular flexibility index (Phi) is 3.21. The Hall–Kier alpha value is -0.870. The third kappa shape index (κ3) is 2.58. The summed E-state index contributed by atoms with van der Waals surface area (Å²) >= 11 is 0. The van der Waals surface area contributed by atoms with Crippen LogP contribution in [0.5, 0.6) is 0 Å². The van der Waals surface area contributed by atoms with Gasteiger partial charge in [-0.1, -0.05) is 6.58 Å². The fourth-order valence-electron chi connectivity index (χ4n) is 1.40. The van der Waals surface area contributed by atoms with Crippen LogP contribution < -0.4 is 0 Å². The summed E-state index contributed by atoms with van der Waals surface area (Å²) in [6.07, 6.45) is 2.67. The summed E-state index contributed by atoms with van der Waals surface area (Å²) in [7, 11) is 1.70. The first-order chi connectivity index (χ1) is 6.81. The predicted octanol–water partition coefficient (Wildman–Crippen LogP) is 1.87. The number of rotatable bonds is 3. The molecule has 0 aliphatic carbocycles. The highest BCUT2D eigenvalue weighted by Gasteiger charge is 2.44. The van der Waals surface area contributed by atoms with E-state index in [-0.39, 0.29) is 5.91 Å². The van der Waals surface area contributed by atoms with Crippen LogP contribution in [0.25, 0.3) is 0 Å². The van der Waals surface area contributed by atoms with Gasteiger partial charge in [-0.05, 0) is 26.8 Å². The van der Waals surface area contributed by atoms with Gasteiger partial charge in [0.2, 0.25) is 5.91 Å². The molecule has 1 aliphatic rings. The molecule has 4 heteroatoms. The number of hydrogen-bond acceptors (Lipinski definition) is 3. The van der Waals surface area contributed by atoms with Gasteiger partial charge in [-0.25, -0.2) is 9.78 Å². The van der Waals surface area contributed by atoms with Crippen molar-refractivity contribution in [3.8, 4) is 0 Å². The fourth-order valence-corrected chi connectivity index (χ4v) is 1.40. The van der Waals surface area contributed by atoms with Crippen LogP contribution in [-0.2, 0) is 14.6 Å². The molecule has 1 amide bonds. The van der Waals surface area contributed by atoms with Crippen molar-refractivity contribution < 1.29 is 14.6 Å². The van der Waals surface area contributed by atoms with Crippen molar-refractivity contribution in [1.29, 1.82) is 0 Å². The van der Waals surface area contributed by atoms with E-state index in [0.29, 0.717) is 12.8 Å². The summed E-state index contributed by atoms with van der Waals surface area (Å²) in [6.45, 7) is 9.37. The van der Waals surface area contributed by atoms with E-state index in [4.69, 9.17) is 9.78 Å². The van der Waals surface area contributed by atoms with E-state index in [1.54, 1.807) is 13.1 Å². The van der Waals surface area contributed by atoms with Crippen LogP contribution in [0, 0.1) is 0 Å². The molecule has 1 aliphatic heterocycles. The average molecular weight is 213 g/mol. The largest absolute Gasteiger partial charge is 0.312 e. The van der Waals surface area contributed by atoms with Crippen LogP contribution in [0.4, 0.5) is 0 Å². The quantitative estimate of drug-likeness (QED) is 0.408. The average Bonchev–Trinajstić information content (AvgIpc) is 2.42. The van der Waals surface area contributed by atoms with Gasteiger partial charge in [-0.2, -0.15) is 0 Å². The monoisotopic (exact) mass is 213 g/mol. The zero-order chi connectivity index (χ0) is 11.7. The molecule has 1 fully saturated rings. The van der Waals surface area contributed by atoms with E-state index >= 15 is 0 Å². The molecule has 1 rings (SSSR count). The van der Waals surface area contributed by atoms with Crippen LogP contribution >= 0.6 is 0 Å². The van der Waals surface area contributed by atoms with Crippen LogP contribution in [-0.4, -0.2) is 29.2 Å². The smallest absolute Gasteiger partial charge is 0.225 e. The molecule has 0 bridgehead atoms. The van der Waals surface area contributed by atoms with Gasteiger partial charge < -0.3 is 4.90 Å². The highest BCUT2D eigenvalue weighted by atomic mass is 17.2. The van der Waals surface area contributed by atoms with E-state index in [2.05, 4.69) is 6.58 Å². The number of carbonyl (C=O) groups is 1. The van der Waals surface area contributed by atoms with Crippen LogP contribution in [0.3, 0.4) is 0 Å². The Balaban J connectivity index is 2.70. The van der Waals surface area contributed by atoms with E-state index < -0.39 is 11.3 Å². The molecular weight excluding hydrogens is 194 g/mol. The second kappa shape index (κ2) is 3.94. The Morgan fingerprint density at radius 2 is 2.13 bits per heavy atom. The van der Waals surface area contributed by atoms with Gasteiger partial charge in [0.05, 0.1) is 5.60 Å². The van der Waals surface area contributed by atoms with Crippen molar-refractivity contribution in [2.24, 2.45) is 0 Å². The molecule has 0 aromatic carbocycles. The number of likely N-dealkylation sites (tertiary alicyclic amines) is 1. The van der Waals surface area contributed by atoms with Gasteiger partial charge in [0, 0.05) is 19.9 Å². The zero-order valence-corrected chi connectivity index (χ0v) is 9.87. The third-order valence-electron chi connectivity index (χ3n) is 2.39. The lowest BCUT2D eigenvalue weighted by molar-refractivity contribution is -0.410. The lowest BCUT2D eigenvalue weighted by Crippen LogP contribution is -2.45. The van der Waals surface area contributed by atoms with E-state index in [1.165, 1.54) is 4.90 Å². The minimum absolute atomic E-state index is 0.0485.